The van der Waals surface area contributed by atoms with Crippen LogP contribution in [0, 0.1) is 0 Å². The first-order chi connectivity index (χ1) is 6.65. The molecule has 80 valence electrons. The van der Waals surface area contributed by atoms with E-state index in [9.17, 15) is 9.59 Å². The topological polar surface area (TPSA) is 95.9 Å². The molecule has 6 heteroatoms. The molecule has 1 saturated heterocycles. The van der Waals surface area contributed by atoms with Gasteiger partial charge in [0, 0.05) is 6.61 Å². The SMILES string of the molecule is O=C(O)[C@@H](CO)NC(=O)[C@H]1CCCO1. The molecule has 2 atom stereocenters. The van der Waals surface area contributed by atoms with Crippen molar-refractivity contribution in [1.29, 1.82) is 0 Å². The Kier molecular flexibility index (Phi) is 3.84. The van der Waals surface area contributed by atoms with Gasteiger partial charge in [-0.2, -0.15) is 0 Å². The summed E-state index contributed by atoms with van der Waals surface area (Å²) in [7, 11) is 0. The minimum atomic E-state index is -1.25. The van der Waals surface area contributed by atoms with E-state index in [2.05, 4.69) is 5.32 Å². The summed E-state index contributed by atoms with van der Waals surface area (Å²) in [6, 6.07) is -1.24. The number of hydrogen-bond donors (Lipinski definition) is 3. The molecule has 1 amide bonds. The summed E-state index contributed by atoms with van der Waals surface area (Å²) in [6.45, 7) is -0.0945. The highest BCUT2D eigenvalue weighted by atomic mass is 16.5. The molecular formula is C8H13NO5. The van der Waals surface area contributed by atoms with E-state index in [1.165, 1.54) is 0 Å². The van der Waals surface area contributed by atoms with E-state index < -0.39 is 30.6 Å². The standard InChI is InChI=1S/C8H13NO5/c10-4-5(8(12)13)9-7(11)6-2-1-3-14-6/h5-6,10H,1-4H2,(H,9,11)(H,12,13)/t5-,6-/m1/s1. The van der Waals surface area contributed by atoms with Gasteiger partial charge in [-0.1, -0.05) is 0 Å². The number of amides is 1. The maximum Gasteiger partial charge on any atom is 0.328 e. The highest BCUT2D eigenvalue weighted by Gasteiger charge is 2.27. The van der Waals surface area contributed by atoms with Gasteiger partial charge in [0.25, 0.3) is 0 Å². The molecule has 14 heavy (non-hydrogen) atoms. The Labute approximate surface area is 80.9 Å². The van der Waals surface area contributed by atoms with Gasteiger partial charge < -0.3 is 20.3 Å². The molecule has 1 fully saturated rings. The van der Waals surface area contributed by atoms with Crippen LogP contribution in [0.3, 0.4) is 0 Å². The third kappa shape index (κ3) is 2.68. The largest absolute Gasteiger partial charge is 0.480 e. The van der Waals surface area contributed by atoms with E-state index in [0.717, 1.165) is 6.42 Å². The number of aliphatic carboxylic acids is 1. The van der Waals surface area contributed by atoms with E-state index in [1.807, 2.05) is 0 Å². The molecule has 0 saturated carbocycles. The van der Waals surface area contributed by atoms with Crippen molar-refractivity contribution >= 4 is 11.9 Å². The Morgan fingerprint density at radius 3 is 2.71 bits per heavy atom. The quantitative estimate of drug-likeness (QED) is 0.529. The van der Waals surface area contributed by atoms with Gasteiger partial charge >= 0.3 is 5.97 Å². The van der Waals surface area contributed by atoms with Crippen molar-refractivity contribution in [2.45, 2.75) is 25.0 Å². The third-order valence-electron chi connectivity index (χ3n) is 2.02. The molecule has 0 bridgehead atoms. The van der Waals surface area contributed by atoms with Crippen molar-refractivity contribution in [2.75, 3.05) is 13.2 Å². The lowest BCUT2D eigenvalue weighted by Gasteiger charge is -2.14. The van der Waals surface area contributed by atoms with Gasteiger partial charge in [0.05, 0.1) is 6.61 Å². The molecule has 6 nitrogen and oxygen atoms in total. The van der Waals surface area contributed by atoms with Crippen LogP contribution >= 0.6 is 0 Å². The number of carbonyl (C=O) groups excluding carboxylic acids is 1. The zero-order chi connectivity index (χ0) is 10.6. The van der Waals surface area contributed by atoms with E-state index >= 15 is 0 Å². The fourth-order valence-corrected chi connectivity index (χ4v) is 1.23. The number of carbonyl (C=O) groups is 2. The molecule has 1 heterocycles. The van der Waals surface area contributed by atoms with E-state index in [0.29, 0.717) is 13.0 Å². The molecule has 0 unspecified atom stereocenters. The second-order valence-electron chi connectivity index (χ2n) is 3.08. The molecule has 0 aromatic rings. The van der Waals surface area contributed by atoms with Crippen molar-refractivity contribution in [3.05, 3.63) is 0 Å². The van der Waals surface area contributed by atoms with Gasteiger partial charge in [0.1, 0.15) is 12.1 Å². The van der Waals surface area contributed by atoms with Crippen LogP contribution in [0.4, 0.5) is 0 Å². The Bertz CT molecular complexity index is 224. The van der Waals surface area contributed by atoms with Crippen LogP contribution in [0.1, 0.15) is 12.8 Å². The zero-order valence-electron chi connectivity index (χ0n) is 7.60. The minimum Gasteiger partial charge on any atom is -0.480 e. The second-order valence-corrected chi connectivity index (χ2v) is 3.08. The molecule has 1 aliphatic rings. The van der Waals surface area contributed by atoms with Gasteiger partial charge in [-0.15, -0.1) is 0 Å². The first kappa shape index (κ1) is 10.9. The van der Waals surface area contributed by atoms with E-state index in [1.54, 1.807) is 0 Å². The Morgan fingerprint density at radius 2 is 2.29 bits per heavy atom. The molecule has 1 rings (SSSR count). The number of rotatable bonds is 4. The first-order valence-corrected chi connectivity index (χ1v) is 4.40. The summed E-state index contributed by atoms with van der Waals surface area (Å²) in [5.41, 5.74) is 0. The molecule has 0 spiro atoms. The summed E-state index contributed by atoms with van der Waals surface area (Å²) in [6.07, 6.45) is 0.835. The average molecular weight is 203 g/mol. The summed E-state index contributed by atoms with van der Waals surface area (Å²) >= 11 is 0. The van der Waals surface area contributed by atoms with Gasteiger partial charge in [-0.3, -0.25) is 4.79 Å². The van der Waals surface area contributed by atoms with Gasteiger partial charge in [-0.25, -0.2) is 4.79 Å². The van der Waals surface area contributed by atoms with Crippen LogP contribution in [0.15, 0.2) is 0 Å². The summed E-state index contributed by atoms with van der Waals surface area (Å²) < 4.78 is 5.05. The molecule has 0 radical (unpaired) electrons. The number of nitrogens with one attached hydrogen (secondary N) is 1. The summed E-state index contributed by atoms with van der Waals surface area (Å²) in [4.78, 5) is 21.8. The van der Waals surface area contributed by atoms with Crippen LogP contribution in [-0.2, 0) is 14.3 Å². The summed E-state index contributed by atoms with van der Waals surface area (Å²) in [5.74, 6) is -1.72. The number of ether oxygens (including phenoxy) is 1. The van der Waals surface area contributed by atoms with Crippen LogP contribution in [0.2, 0.25) is 0 Å². The predicted octanol–water partition coefficient (Wildman–Crippen LogP) is -1.27. The van der Waals surface area contributed by atoms with Crippen LogP contribution in [0.5, 0.6) is 0 Å². The summed E-state index contributed by atoms with van der Waals surface area (Å²) in [5, 5.41) is 19.4. The fraction of sp³-hybridized carbons (Fsp3) is 0.750. The first-order valence-electron chi connectivity index (χ1n) is 4.40. The Balaban J connectivity index is 2.41. The smallest absolute Gasteiger partial charge is 0.328 e. The Morgan fingerprint density at radius 1 is 1.57 bits per heavy atom. The maximum atomic E-state index is 11.3. The number of aliphatic hydroxyl groups excluding tert-OH is 1. The molecule has 0 aliphatic carbocycles. The lowest BCUT2D eigenvalue weighted by molar-refractivity contribution is -0.144. The van der Waals surface area contributed by atoms with Crippen molar-refractivity contribution in [2.24, 2.45) is 0 Å². The predicted molar refractivity (Wildman–Crippen MR) is 45.6 cm³/mol. The molecule has 1 aliphatic heterocycles. The lowest BCUT2D eigenvalue weighted by atomic mass is 10.2. The van der Waals surface area contributed by atoms with Crippen molar-refractivity contribution in [3.63, 3.8) is 0 Å². The third-order valence-corrected chi connectivity index (χ3v) is 2.02. The van der Waals surface area contributed by atoms with Crippen LogP contribution in [-0.4, -0.2) is 47.4 Å². The second kappa shape index (κ2) is 4.92. The maximum absolute atomic E-state index is 11.3. The van der Waals surface area contributed by atoms with Gasteiger partial charge in [-0.05, 0) is 12.8 Å². The average Bonchev–Trinajstić information content (AvgIpc) is 2.65. The highest BCUT2D eigenvalue weighted by molar-refractivity contribution is 5.86. The number of carboxylic acid groups (broad SMARTS) is 1. The van der Waals surface area contributed by atoms with Gasteiger partial charge in [0.15, 0.2) is 0 Å². The molecule has 3 N–H and O–H groups in total. The van der Waals surface area contributed by atoms with Crippen LogP contribution in [0.25, 0.3) is 0 Å². The molecule has 0 aromatic carbocycles. The molecule has 0 aromatic heterocycles. The highest BCUT2D eigenvalue weighted by Crippen LogP contribution is 2.11. The minimum absolute atomic E-state index is 0.469. The number of aliphatic hydroxyl groups is 1. The molecular weight excluding hydrogens is 190 g/mol. The monoisotopic (exact) mass is 203 g/mol. The van der Waals surface area contributed by atoms with Gasteiger partial charge in [0.2, 0.25) is 5.91 Å². The zero-order valence-corrected chi connectivity index (χ0v) is 7.60. The number of carboxylic acids is 1. The van der Waals surface area contributed by atoms with Crippen molar-refractivity contribution in [3.8, 4) is 0 Å². The Hall–Kier alpha value is -1.14. The lowest BCUT2D eigenvalue weighted by Crippen LogP contribution is -2.47. The van der Waals surface area contributed by atoms with Crippen LogP contribution < -0.4 is 5.32 Å². The van der Waals surface area contributed by atoms with Crippen molar-refractivity contribution in [1.82, 2.24) is 5.32 Å². The normalized spacial score (nSPS) is 23.1. The fourth-order valence-electron chi connectivity index (χ4n) is 1.23. The van der Waals surface area contributed by atoms with E-state index in [4.69, 9.17) is 14.9 Å². The van der Waals surface area contributed by atoms with E-state index in [-0.39, 0.29) is 0 Å². The van der Waals surface area contributed by atoms with Crippen molar-refractivity contribution < 1.29 is 24.5 Å². The number of hydrogen-bond acceptors (Lipinski definition) is 4.